The first kappa shape index (κ1) is 18.9. The van der Waals surface area contributed by atoms with Crippen LogP contribution in [0.15, 0.2) is 36.5 Å². The van der Waals surface area contributed by atoms with Gasteiger partial charge in [0, 0.05) is 42.8 Å². The molecule has 2 N–H and O–H groups in total. The van der Waals surface area contributed by atoms with Gasteiger partial charge in [0.05, 0.1) is 0 Å². The summed E-state index contributed by atoms with van der Waals surface area (Å²) in [5, 5.41) is 11.9. The van der Waals surface area contributed by atoms with Crippen LogP contribution in [0.3, 0.4) is 0 Å². The van der Waals surface area contributed by atoms with E-state index in [-0.39, 0.29) is 12.6 Å². The van der Waals surface area contributed by atoms with E-state index in [9.17, 15) is 4.79 Å². The van der Waals surface area contributed by atoms with E-state index in [0.29, 0.717) is 25.3 Å². The Bertz CT molecular complexity index is 665. The zero-order valence-electron chi connectivity index (χ0n) is 14.9. The van der Waals surface area contributed by atoms with E-state index in [4.69, 9.17) is 5.11 Å². The molecule has 6 nitrogen and oxygen atoms in total. The summed E-state index contributed by atoms with van der Waals surface area (Å²) in [6.45, 7) is 5.35. The van der Waals surface area contributed by atoms with Gasteiger partial charge in [0.2, 0.25) is 0 Å². The van der Waals surface area contributed by atoms with Crippen molar-refractivity contribution in [1.82, 2.24) is 14.9 Å². The fourth-order valence-electron chi connectivity index (χ4n) is 2.42. The highest BCUT2D eigenvalue weighted by molar-refractivity contribution is 5.89. The van der Waals surface area contributed by atoms with E-state index in [2.05, 4.69) is 22.2 Å². The summed E-state index contributed by atoms with van der Waals surface area (Å²) in [7, 11) is 0. The number of hydrogen-bond acceptors (Lipinski definition) is 4. The summed E-state index contributed by atoms with van der Waals surface area (Å²) in [6, 6.07) is 9.21. The van der Waals surface area contributed by atoms with Crippen LogP contribution >= 0.6 is 0 Å². The van der Waals surface area contributed by atoms with E-state index < -0.39 is 0 Å². The molecule has 0 aliphatic carbocycles. The predicted molar refractivity (Wildman–Crippen MR) is 99.4 cm³/mol. The number of aromatic nitrogens is 2. The van der Waals surface area contributed by atoms with Crippen LogP contribution in [-0.4, -0.2) is 45.7 Å². The molecule has 2 aromatic rings. The largest absolute Gasteiger partial charge is 0.396 e. The first-order chi connectivity index (χ1) is 12.1. The van der Waals surface area contributed by atoms with Crippen LogP contribution in [0.5, 0.6) is 0 Å². The van der Waals surface area contributed by atoms with Gasteiger partial charge in [0.1, 0.15) is 0 Å². The summed E-state index contributed by atoms with van der Waals surface area (Å²) < 4.78 is 0. The molecule has 0 aliphatic heterocycles. The van der Waals surface area contributed by atoms with Crippen molar-refractivity contribution in [3.8, 4) is 11.4 Å². The normalized spacial score (nSPS) is 10.5. The SMILES string of the molecule is CCCCN(CCCO)C(=O)Nc1ccc(-c2nccc(C)n2)cc1. The molecule has 0 radical (unpaired) electrons. The zero-order valence-corrected chi connectivity index (χ0v) is 14.9. The van der Waals surface area contributed by atoms with Gasteiger partial charge < -0.3 is 15.3 Å². The summed E-state index contributed by atoms with van der Waals surface area (Å²) >= 11 is 0. The van der Waals surface area contributed by atoms with Crippen LogP contribution in [0.25, 0.3) is 11.4 Å². The van der Waals surface area contributed by atoms with Crippen LogP contribution in [0.4, 0.5) is 10.5 Å². The van der Waals surface area contributed by atoms with Crippen molar-refractivity contribution < 1.29 is 9.90 Å². The van der Waals surface area contributed by atoms with Crippen molar-refractivity contribution in [2.45, 2.75) is 33.1 Å². The van der Waals surface area contributed by atoms with Gasteiger partial charge >= 0.3 is 6.03 Å². The van der Waals surface area contributed by atoms with Crippen molar-refractivity contribution in [3.05, 3.63) is 42.2 Å². The molecule has 6 heteroatoms. The number of aliphatic hydroxyl groups excluding tert-OH is 1. The highest BCUT2D eigenvalue weighted by Crippen LogP contribution is 2.18. The molecule has 25 heavy (non-hydrogen) atoms. The van der Waals surface area contributed by atoms with E-state index >= 15 is 0 Å². The number of carbonyl (C=O) groups is 1. The Morgan fingerprint density at radius 2 is 1.88 bits per heavy atom. The molecule has 1 aromatic heterocycles. The molecule has 2 amide bonds. The van der Waals surface area contributed by atoms with Gasteiger partial charge in [-0.3, -0.25) is 0 Å². The maximum absolute atomic E-state index is 12.4. The number of aryl methyl sites for hydroxylation is 1. The summed E-state index contributed by atoms with van der Waals surface area (Å²) in [5.41, 5.74) is 2.55. The second-order valence-electron chi connectivity index (χ2n) is 5.95. The van der Waals surface area contributed by atoms with Crippen LogP contribution < -0.4 is 5.32 Å². The zero-order chi connectivity index (χ0) is 18.1. The van der Waals surface area contributed by atoms with Crippen LogP contribution in [0.2, 0.25) is 0 Å². The van der Waals surface area contributed by atoms with E-state index in [1.165, 1.54) is 0 Å². The molecule has 0 saturated heterocycles. The van der Waals surface area contributed by atoms with Crippen molar-refractivity contribution in [3.63, 3.8) is 0 Å². The van der Waals surface area contributed by atoms with Crippen molar-refractivity contribution in [2.24, 2.45) is 0 Å². The fraction of sp³-hybridized carbons (Fsp3) is 0.421. The molecule has 0 fully saturated rings. The Balaban J connectivity index is 2.02. The topological polar surface area (TPSA) is 78.4 Å². The van der Waals surface area contributed by atoms with E-state index in [0.717, 1.165) is 29.8 Å². The number of benzene rings is 1. The minimum absolute atomic E-state index is 0.0844. The van der Waals surface area contributed by atoms with E-state index in [1.807, 2.05) is 37.3 Å². The molecule has 0 bridgehead atoms. The van der Waals surface area contributed by atoms with Crippen molar-refractivity contribution in [2.75, 3.05) is 25.0 Å². The summed E-state index contributed by atoms with van der Waals surface area (Å²) in [4.78, 5) is 22.8. The number of unbranched alkanes of at least 4 members (excludes halogenated alkanes) is 1. The standard InChI is InChI=1S/C19H26N4O2/c1-3-4-12-23(13-5-14-24)19(25)22-17-8-6-16(7-9-17)18-20-11-10-15(2)21-18/h6-11,24H,3-5,12-14H2,1-2H3,(H,22,25). The third-order valence-corrected chi connectivity index (χ3v) is 3.84. The molecule has 0 aliphatic rings. The van der Waals surface area contributed by atoms with Crippen molar-refractivity contribution >= 4 is 11.7 Å². The Morgan fingerprint density at radius 3 is 2.52 bits per heavy atom. The fourth-order valence-corrected chi connectivity index (χ4v) is 2.42. The molecule has 0 saturated carbocycles. The lowest BCUT2D eigenvalue weighted by atomic mass is 10.2. The number of carbonyl (C=O) groups excluding carboxylic acids is 1. The minimum atomic E-state index is -0.138. The maximum atomic E-state index is 12.4. The molecule has 0 atom stereocenters. The number of aliphatic hydroxyl groups is 1. The number of amides is 2. The molecule has 0 spiro atoms. The van der Waals surface area contributed by atoms with Gasteiger partial charge in [-0.2, -0.15) is 0 Å². The molecule has 0 unspecified atom stereocenters. The van der Waals surface area contributed by atoms with Gasteiger partial charge in [-0.15, -0.1) is 0 Å². The lowest BCUT2D eigenvalue weighted by Gasteiger charge is -2.22. The third-order valence-electron chi connectivity index (χ3n) is 3.84. The molecular formula is C19H26N4O2. The molecule has 134 valence electrons. The van der Waals surface area contributed by atoms with Gasteiger partial charge in [0.25, 0.3) is 0 Å². The second-order valence-corrected chi connectivity index (χ2v) is 5.95. The highest BCUT2D eigenvalue weighted by Gasteiger charge is 2.13. The Hall–Kier alpha value is -2.47. The molecule has 1 aromatic carbocycles. The minimum Gasteiger partial charge on any atom is -0.396 e. The van der Waals surface area contributed by atoms with Crippen molar-refractivity contribution in [1.29, 1.82) is 0 Å². The number of nitrogens with one attached hydrogen (secondary N) is 1. The summed E-state index contributed by atoms with van der Waals surface area (Å²) in [5.74, 6) is 0.672. The number of hydrogen-bond donors (Lipinski definition) is 2. The van der Waals surface area contributed by atoms with Crippen LogP contribution in [0, 0.1) is 6.92 Å². The first-order valence-corrected chi connectivity index (χ1v) is 8.71. The second kappa shape index (κ2) is 9.74. The Labute approximate surface area is 148 Å². The number of urea groups is 1. The van der Waals surface area contributed by atoms with Gasteiger partial charge in [-0.1, -0.05) is 13.3 Å². The van der Waals surface area contributed by atoms with Crippen LogP contribution in [-0.2, 0) is 0 Å². The average molecular weight is 342 g/mol. The number of anilines is 1. The van der Waals surface area contributed by atoms with Gasteiger partial charge in [0.15, 0.2) is 5.82 Å². The lowest BCUT2D eigenvalue weighted by Crippen LogP contribution is -2.36. The smallest absolute Gasteiger partial charge is 0.321 e. The van der Waals surface area contributed by atoms with Gasteiger partial charge in [-0.25, -0.2) is 14.8 Å². The molecular weight excluding hydrogens is 316 g/mol. The average Bonchev–Trinajstić information content (AvgIpc) is 2.62. The Kier molecular flexibility index (Phi) is 7.35. The predicted octanol–water partition coefficient (Wildman–Crippen LogP) is 3.47. The molecule has 1 heterocycles. The number of nitrogens with zero attached hydrogens (tertiary/aromatic N) is 3. The van der Waals surface area contributed by atoms with Gasteiger partial charge in [-0.05, 0) is 50.1 Å². The van der Waals surface area contributed by atoms with Crippen LogP contribution in [0.1, 0.15) is 31.9 Å². The lowest BCUT2D eigenvalue weighted by molar-refractivity contribution is 0.201. The molecule has 2 rings (SSSR count). The van der Waals surface area contributed by atoms with E-state index in [1.54, 1.807) is 11.1 Å². The number of rotatable bonds is 8. The quantitative estimate of drug-likeness (QED) is 0.770. The highest BCUT2D eigenvalue weighted by atomic mass is 16.3. The third kappa shape index (κ3) is 5.83. The first-order valence-electron chi connectivity index (χ1n) is 8.71. The summed E-state index contributed by atoms with van der Waals surface area (Å²) in [6.07, 6.45) is 4.29. The Morgan fingerprint density at radius 1 is 1.16 bits per heavy atom. The maximum Gasteiger partial charge on any atom is 0.321 e. The monoisotopic (exact) mass is 342 g/mol.